The Labute approximate surface area is 180 Å². The van der Waals surface area contributed by atoms with Gasteiger partial charge < -0.3 is 25.6 Å². The fraction of sp³-hybridized carbons (Fsp3) is 0.524. The first-order valence-corrected chi connectivity index (χ1v) is 10.5. The van der Waals surface area contributed by atoms with Crippen LogP contribution >= 0.6 is 0 Å². The van der Waals surface area contributed by atoms with E-state index in [1.807, 2.05) is 6.92 Å². The maximum atomic E-state index is 15.4. The smallest absolute Gasteiger partial charge is 0.420 e. The largest absolute Gasteiger partial charge is 0.477 e. The second-order valence-corrected chi connectivity index (χ2v) is 8.40. The summed E-state index contributed by atoms with van der Waals surface area (Å²) in [6, 6.07) is -0.407. The minimum Gasteiger partial charge on any atom is -0.477 e. The van der Waals surface area contributed by atoms with Crippen LogP contribution in [0.1, 0.15) is 48.1 Å². The van der Waals surface area contributed by atoms with Gasteiger partial charge in [0.25, 0.3) is 0 Å². The number of carbonyl (C=O) groups is 1. The highest BCUT2D eigenvalue weighted by atomic mass is 19.4. The van der Waals surface area contributed by atoms with E-state index in [1.165, 1.54) is 4.90 Å². The zero-order valence-electron chi connectivity index (χ0n) is 17.4. The molecule has 32 heavy (non-hydrogen) atoms. The van der Waals surface area contributed by atoms with Crippen LogP contribution in [0, 0.1) is 11.7 Å². The highest BCUT2D eigenvalue weighted by Gasteiger charge is 2.44. The Hall–Kier alpha value is -2.82. The molecule has 1 aliphatic heterocycles. The summed E-state index contributed by atoms with van der Waals surface area (Å²) in [7, 11) is 0. The molecular formula is C21H24F4N4O3. The molecule has 2 heterocycles. The molecule has 0 radical (unpaired) electrons. The number of alkyl halides is 3. The lowest BCUT2D eigenvalue weighted by Crippen LogP contribution is -2.30. The second-order valence-electron chi connectivity index (χ2n) is 8.40. The Kier molecular flexibility index (Phi) is 5.56. The zero-order valence-corrected chi connectivity index (χ0v) is 17.4. The molecule has 0 amide bonds. The van der Waals surface area contributed by atoms with Crippen molar-refractivity contribution in [1.29, 1.82) is 0 Å². The van der Waals surface area contributed by atoms with Gasteiger partial charge in [0.2, 0.25) is 5.43 Å². The molecule has 0 bridgehead atoms. The van der Waals surface area contributed by atoms with Gasteiger partial charge in [-0.3, -0.25) is 4.79 Å². The number of aromatic carboxylic acids is 1. The van der Waals surface area contributed by atoms with Gasteiger partial charge in [0.1, 0.15) is 11.1 Å². The van der Waals surface area contributed by atoms with E-state index in [0.29, 0.717) is 32.4 Å². The third kappa shape index (κ3) is 3.68. The normalized spacial score (nSPS) is 19.2. The van der Waals surface area contributed by atoms with Gasteiger partial charge >= 0.3 is 12.1 Å². The number of nitrogens with zero attached hydrogens (tertiary/aromatic N) is 2. The number of carboxylic acid groups (broad SMARTS) is 1. The van der Waals surface area contributed by atoms with E-state index in [2.05, 4.69) is 5.32 Å². The van der Waals surface area contributed by atoms with E-state index < -0.39 is 62.8 Å². The number of rotatable bonds is 6. The minimum atomic E-state index is -4.99. The van der Waals surface area contributed by atoms with Crippen molar-refractivity contribution in [1.82, 2.24) is 9.88 Å². The van der Waals surface area contributed by atoms with Gasteiger partial charge in [-0.2, -0.15) is 13.2 Å². The number of fused-ring (bicyclic) bond motifs is 1. The van der Waals surface area contributed by atoms with Crippen LogP contribution in [0.25, 0.3) is 10.9 Å². The van der Waals surface area contributed by atoms with Gasteiger partial charge in [-0.05, 0) is 38.3 Å². The Balaban J connectivity index is 2.03. The molecule has 2 aliphatic rings. The summed E-state index contributed by atoms with van der Waals surface area (Å²) in [6.07, 6.45) is -2.44. The zero-order chi connectivity index (χ0) is 23.4. The summed E-state index contributed by atoms with van der Waals surface area (Å²) < 4.78 is 59.8. The molecule has 2 aromatic rings. The number of nitrogens with one attached hydrogen (secondary N) is 1. The number of pyridine rings is 1. The molecule has 174 valence electrons. The van der Waals surface area contributed by atoms with Gasteiger partial charge in [0.15, 0.2) is 5.82 Å². The lowest BCUT2D eigenvalue weighted by molar-refractivity contribution is -0.136. The van der Waals surface area contributed by atoms with Crippen LogP contribution in [0.15, 0.2) is 11.0 Å². The van der Waals surface area contributed by atoms with Gasteiger partial charge in [0.05, 0.1) is 22.3 Å². The van der Waals surface area contributed by atoms with Crippen molar-refractivity contribution in [3.8, 4) is 0 Å². The number of nitrogens with two attached hydrogens (primary N) is 1. The first-order chi connectivity index (χ1) is 15.1. The highest BCUT2D eigenvalue weighted by molar-refractivity contribution is 6.01. The van der Waals surface area contributed by atoms with Crippen molar-refractivity contribution in [2.75, 3.05) is 36.8 Å². The van der Waals surface area contributed by atoms with E-state index >= 15 is 4.39 Å². The Morgan fingerprint density at radius 2 is 2.00 bits per heavy atom. The average molecular weight is 456 g/mol. The summed E-state index contributed by atoms with van der Waals surface area (Å²) in [6.45, 7) is 3.64. The van der Waals surface area contributed by atoms with Gasteiger partial charge in [-0.1, -0.05) is 6.92 Å². The number of anilines is 2. The van der Waals surface area contributed by atoms with Crippen LogP contribution in [0.5, 0.6) is 0 Å². The molecule has 2 fully saturated rings. The van der Waals surface area contributed by atoms with Crippen molar-refractivity contribution in [2.24, 2.45) is 5.92 Å². The fourth-order valence-electron chi connectivity index (χ4n) is 4.51. The summed E-state index contributed by atoms with van der Waals surface area (Å²) in [5, 5.41) is 11.8. The van der Waals surface area contributed by atoms with Crippen LogP contribution in [-0.2, 0) is 6.18 Å². The topological polar surface area (TPSA) is 101 Å². The monoisotopic (exact) mass is 456 g/mol. The number of halogens is 4. The summed E-state index contributed by atoms with van der Waals surface area (Å²) in [4.78, 5) is 25.7. The lowest BCUT2D eigenvalue weighted by Gasteiger charge is -2.27. The SMILES string of the molecule is CCNCC1CCN(c2c(F)c(N)c3c(=O)c(C(=O)O)cn(C4CC4)c3c2C(F)(F)F)C1. The third-order valence-electron chi connectivity index (χ3n) is 6.16. The van der Waals surface area contributed by atoms with Gasteiger partial charge in [0, 0.05) is 25.3 Å². The van der Waals surface area contributed by atoms with Crippen LogP contribution in [0.3, 0.4) is 0 Å². The summed E-state index contributed by atoms with van der Waals surface area (Å²) in [5.41, 5.74) is 0.700. The second kappa shape index (κ2) is 7.95. The van der Waals surface area contributed by atoms with Crippen LogP contribution in [0.4, 0.5) is 28.9 Å². The van der Waals surface area contributed by atoms with E-state index in [9.17, 15) is 27.9 Å². The molecular weight excluding hydrogens is 432 g/mol. The number of benzene rings is 1. The van der Waals surface area contributed by atoms with E-state index in [4.69, 9.17) is 5.73 Å². The Bertz CT molecular complexity index is 1140. The average Bonchev–Trinajstić information content (AvgIpc) is 3.45. The molecule has 7 nitrogen and oxygen atoms in total. The van der Waals surface area contributed by atoms with Crippen molar-refractivity contribution in [3.63, 3.8) is 0 Å². The predicted octanol–water partition coefficient (Wildman–Crippen LogP) is 3.21. The highest BCUT2D eigenvalue weighted by Crippen LogP contribution is 2.48. The molecule has 0 spiro atoms. The molecule has 1 atom stereocenters. The third-order valence-corrected chi connectivity index (χ3v) is 6.16. The number of hydrogen-bond donors (Lipinski definition) is 3. The van der Waals surface area contributed by atoms with E-state index in [0.717, 1.165) is 10.8 Å². The maximum absolute atomic E-state index is 15.4. The molecule has 4 rings (SSSR count). The Morgan fingerprint density at radius 1 is 1.31 bits per heavy atom. The fourth-order valence-corrected chi connectivity index (χ4v) is 4.51. The van der Waals surface area contributed by atoms with Gasteiger partial charge in [-0.15, -0.1) is 0 Å². The standard InChI is InChI=1S/C21H24F4N4O3/c1-2-27-7-10-5-6-28(8-10)18-14(21(23,24)25)17-13(16(26)15(18)22)19(30)12(20(31)32)9-29(17)11-3-4-11/h9-11,27H,2-8,26H2,1H3,(H,31,32). The quantitative estimate of drug-likeness (QED) is 0.456. The Morgan fingerprint density at radius 3 is 2.56 bits per heavy atom. The maximum Gasteiger partial charge on any atom is 0.420 e. The van der Waals surface area contributed by atoms with Crippen molar-refractivity contribution < 1.29 is 27.5 Å². The van der Waals surface area contributed by atoms with Gasteiger partial charge in [-0.25, -0.2) is 9.18 Å². The van der Waals surface area contributed by atoms with Crippen molar-refractivity contribution in [3.05, 3.63) is 33.4 Å². The van der Waals surface area contributed by atoms with Crippen molar-refractivity contribution in [2.45, 2.75) is 38.4 Å². The summed E-state index contributed by atoms with van der Waals surface area (Å²) >= 11 is 0. The van der Waals surface area contributed by atoms with E-state index in [1.54, 1.807) is 0 Å². The number of hydrogen-bond acceptors (Lipinski definition) is 5. The van der Waals surface area contributed by atoms with Crippen LogP contribution < -0.4 is 21.4 Å². The first-order valence-electron chi connectivity index (χ1n) is 10.5. The molecule has 4 N–H and O–H groups in total. The molecule has 1 aromatic carbocycles. The number of aromatic nitrogens is 1. The molecule has 1 saturated carbocycles. The van der Waals surface area contributed by atoms with Crippen LogP contribution in [0.2, 0.25) is 0 Å². The molecule has 1 saturated heterocycles. The molecule has 1 unspecified atom stereocenters. The van der Waals surface area contributed by atoms with E-state index in [-0.39, 0.29) is 19.0 Å². The van der Waals surface area contributed by atoms with Crippen LogP contribution in [-0.4, -0.2) is 41.8 Å². The predicted molar refractivity (Wildman–Crippen MR) is 112 cm³/mol. The first kappa shape index (κ1) is 22.4. The summed E-state index contributed by atoms with van der Waals surface area (Å²) in [5.74, 6) is -2.90. The van der Waals surface area contributed by atoms with Crippen molar-refractivity contribution >= 4 is 28.2 Å². The lowest BCUT2D eigenvalue weighted by atomic mass is 10.0. The minimum absolute atomic E-state index is 0.0346. The molecule has 1 aromatic heterocycles. The number of nitrogen functional groups attached to an aromatic ring is 1. The number of carboxylic acids is 1. The molecule has 11 heteroatoms. The molecule has 1 aliphatic carbocycles.